The maximum Gasteiger partial charge on any atom is 0.271 e. The highest BCUT2D eigenvalue weighted by Crippen LogP contribution is 2.49. The molecular formula is C24H22Cl2N2O4. The number of benzene rings is 2. The predicted molar refractivity (Wildman–Crippen MR) is 124 cm³/mol. The van der Waals surface area contributed by atoms with Crippen molar-refractivity contribution in [2.24, 2.45) is 5.41 Å². The molecule has 2 aromatic rings. The Kier molecular flexibility index (Phi) is 5.63. The fourth-order valence-corrected chi connectivity index (χ4v) is 4.97. The van der Waals surface area contributed by atoms with E-state index in [1.807, 2.05) is 13.8 Å². The molecule has 166 valence electrons. The lowest BCUT2D eigenvalue weighted by molar-refractivity contribution is -0.384. The molecule has 1 amide bonds. The number of Topliss-reactive ketones (excluding diaryl/α,β-unsaturated/α-hetero) is 1. The second-order valence-electron chi connectivity index (χ2n) is 9.19. The summed E-state index contributed by atoms with van der Waals surface area (Å²) < 4.78 is 0. The van der Waals surface area contributed by atoms with E-state index >= 15 is 0 Å². The van der Waals surface area contributed by atoms with Crippen LogP contribution in [0.15, 0.2) is 47.7 Å². The van der Waals surface area contributed by atoms with Crippen molar-refractivity contribution in [1.29, 1.82) is 0 Å². The molecule has 1 atom stereocenters. The average Bonchev–Trinajstić information content (AvgIpc) is 2.69. The Morgan fingerprint density at radius 2 is 1.78 bits per heavy atom. The number of hydrogen-bond acceptors (Lipinski definition) is 4. The number of aryl methyl sites for hydroxylation is 1. The number of rotatable bonds is 3. The van der Waals surface area contributed by atoms with Gasteiger partial charge in [-0.2, -0.15) is 0 Å². The van der Waals surface area contributed by atoms with Crippen LogP contribution in [0.4, 0.5) is 11.4 Å². The van der Waals surface area contributed by atoms with Crippen LogP contribution in [-0.4, -0.2) is 16.6 Å². The van der Waals surface area contributed by atoms with E-state index in [1.54, 1.807) is 31.2 Å². The van der Waals surface area contributed by atoms with Crippen LogP contribution in [-0.2, 0) is 9.59 Å². The van der Waals surface area contributed by atoms with Crippen LogP contribution in [0.3, 0.4) is 0 Å². The standard InChI is InChI=1S/C24H22Cl2N2O4/c1-13-4-6-15(28(31)32)9-19(13)27-20-11-24(2,3)12-21(29)23(20)16(10-22(27)30)14-5-7-17(25)18(26)8-14/h4-9,16H,10-12H2,1-3H3. The Hall–Kier alpha value is -2.70. The monoisotopic (exact) mass is 472 g/mol. The maximum absolute atomic E-state index is 13.5. The molecule has 0 fully saturated rings. The number of nitrogens with zero attached hydrogens (tertiary/aromatic N) is 2. The minimum absolute atomic E-state index is 0.0205. The SMILES string of the molecule is Cc1ccc([N+](=O)[O-])cc1N1C(=O)CC(c2ccc(Cl)c(Cl)c2)C2=C1CC(C)(C)CC2=O. The molecule has 0 saturated carbocycles. The zero-order valence-electron chi connectivity index (χ0n) is 17.9. The molecule has 2 aromatic carbocycles. The van der Waals surface area contributed by atoms with Crippen molar-refractivity contribution in [2.75, 3.05) is 4.90 Å². The zero-order chi connectivity index (χ0) is 23.4. The van der Waals surface area contributed by atoms with Crippen LogP contribution in [0.1, 0.15) is 50.2 Å². The molecule has 0 radical (unpaired) electrons. The number of hydrogen-bond donors (Lipinski definition) is 0. The van der Waals surface area contributed by atoms with E-state index in [-0.39, 0.29) is 29.2 Å². The van der Waals surface area contributed by atoms with Gasteiger partial charge in [0, 0.05) is 42.2 Å². The number of nitro benzene ring substituents is 1. The lowest BCUT2D eigenvalue weighted by atomic mass is 9.69. The van der Waals surface area contributed by atoms with E-state index in [0.717, 1.165) is 11.1 Å². The quantitative estimate of drug-likeness (QED) is 0.383. The van der Waals surface area contributed by atoms with Gasteiger partial charge in [0.2, 0.25) is 5.91 Å². The van der Waals surface area contributed by atoms with Gasteiger partial charge in [0.15, 0.2) is 5.78 Å². The summed E-state index contributed by atoms with van der Waals surface area (Å²) in [5, 5.41) is 12.1. The molecular weight excluding hydrogens is 451 g/mol. The number of nitro groups is 1. The van der Waals surface area contributed by atoms with Gasteiger partial charge in [0.25, 0.3) is 5.69 Å². The molecule has 1 aliphatic carbocycles. The third kappa shape index (κ3) is 3.93. The van der Waals surface area contributed by atoms with Crippen LogP contribution in [0.2, 0.25) is 10.0 Å². The molecule has 0 bridgehead atoms. The summed E-state index contributed by atoms with van der Waals surface area (Å²) in [6, 6.07) is 9.60. The van der Waals surface area contributed by atoms with E-state index in [2.05, 4.69) is 0 Å². The predicted octanol–water partition coefficient (Wildman–Crippen LogP) is 6.37. The van der Waals surface area contributed by atoms with E-state index < -0.39 is 10.8 Å². The molecule has 8 heteroatoms. The summed E-state index contributed by atoms with van der Waals surface area (Å²) in [5.74, 6) is -0.673. The first-order valence-corrected chi connectivity index (χ1v) is 11.0. The lowest BCUT2D eigenvalue weighted by Gasteiger charge is -2.43. The van der Waals surface area contributed by atoms with Crippen LogP contribution < -0.4 is 4.90 Å². The number of allylic oxidation sites excluding steroid dienone is 2. The highest BCUT2D eigenvalue weighted by atomic mass is 35.5. The van der Waals surface area contributed by atoms with Gasteiger partial charge in [0.1, 0.15) is 0 Å². The summed E-state index contributed by atoms with van der Waals surface area (Å²) in [6.07, 6.45) is 0.921. The van der Waals surface area contributed by atoms with Crippen LogP contribution in [0.25, 0.3) is 0 Å². The molecule has 4 rings (SSSR count). The molecule has 0 saturated heterocycles. The maximum atomic E-state index is 13.5. The van der Waals surface area contributed by atoms with E-state index in [4.69, 9.17) is 23.2 Å². The minimum atomic E-state index is -0.485. The van der Waals surface area contributed by atoms with Gasteiger partial charge in [-0.3, -0.25) is 24.6 Å². The number of halogens is 2. The van der Waals surface area contributed by atoms with Crippen molar-refractivity contribution in [3.63, 3.8) is 0 Å². The number of non-ortho nitro benzene ring substituents is 1. The summed E-state index contributed by atoms with van der Waals surface area (Å²) >= 11 is 12.3. The Bertz CT molecular complexity index is 1200. The fourth-order valence-electron chi connectivity index (χ4n) is 4.66. The van der Waals surface area contributed by atoms with Crippen molar-refractivity contribution >= 4 is 46.3 Å². The van der Waals surface area contributed by atoms with Crippen molar-refractivity contribution < 1.29 is 14.5 Å². The van der Waals surface area contributed by atoms with Crippen LogP contribution in [0.5, 0.6) is 0 Å². The zero-order valence-corrected chi connectivity index (χ0v) is 19.5. The molecule has 6 nitrogen and oxygen atoms in total. The Morgan fingerprint density at radius 1 is 1.06 bits per heavy atom. The van der Waals surface area contributed by atoms with Crippen LogP contribution in [0, 0.1) is 22.5 Å². The molecule has 0 spiro atoms. The first-order chi connectivity index (χ1) is 15.0. The van der Waals surface area contributed by atoms with Crippen molar-refractivity contribution in [2.45, 2.75) is 46.0 Å². The number of carbonyl (C=O) groups is 2. The molecule has 1 aliphatic heterocycles. The Morgan fingerprint density at radius 3 is 2.44 bits per heavy atom. The van der Waals surface area contributed by atoms with E-state index in [9.17, 15) is 19.7 Å². The van der Waals surface area contributed by atoms with Gasteiger partial charge < -0.3 is 0 Å². The number of ketones is 1. The van der Waals surface area contributed by atoms with Gasteiger partial charge in [0.05, 0.1) is 20.7 Å². The summed E-state index contributed by atoms with van der Waals surface area (Å²) in [7, 11) is 0. The molecule has 1 unspecified atom stereocenters. The second kappa shape index (κ2) is 8.01. The average molecular weight is 473 g/mol. The third-order valence-corrected chi connectivity index (χ3v) is 6.87. The Balaban J connectivity index is 1.94. The molecule has 2 aliphatic rings. The highest BCUT2D eigenvalue weighted by Gasteiger charge is 2.44. The normalized spacial score (nSPS) is 20.4. The third-order valence-electron chi connectivity index (χ3n) is 6.13. The number of amides is 1. The summed E-state index contributed by atoms with van der Waals surface area (Å²) in [5.41, 5.74) is 2.66. The summed E-state index contributed by atoms with van der Waals surface area (Å²) in [6.45, 7) is 5.77. The second-order valence-corrected chi connectivity index (χ2v) is 10.0. The van der Waals surface area contributed by atoms with Gasteiger partial charge in [-0.05, 0) is 42.0 Å². The van der Waals surface area contributed by atoms with Crippen LogP contribution >= 0.6 is 23.2 Å². The Labute approximate surface area is 196 Å². The van der Waals surface area contributed by atoms with E-state index in [0.29, 0.717) is 39.8 Å². The van der Waals surface area contributed by atoms with Gasteiger partial charge in [-0.25, -0.2) is 0 Å². The van der Waals surface area contributed by atoms with Crippen molar-refractivity contribution in [3.05, 3.63) is 79.0 Å². The first-order valence-electron chi connectivity index (χ1n) is 10.3. The lowest BCUT2D eigenvalue weighted by Crippen LogP contribution is -2.44. The molecule has 0 N–H and O–H groups in total. The smallest absolute Gasteiger partial charge is 0.271 e. The van der Waals surface area contributed by atoms with Crippen molar-refractivity contribution in [1.82, 2.24) is 0 Å². The first kappa shape index (κ1) is 22.5. The van der Waals surface area contributed by atoms with Crippen molar-refractivity contribution in [3.8, 4) is 0 Å². The van der Waals surface area contributed by atoms with Gasteiger partial charge in [-0.15, -0.1) is 0 Å². The number of anilines is 1. The van der Waals surface area contributed by atoms with E-state index in [1.165, 1.54) is 17.0 Å². The number of carbonyl (C=O) groups excluding carboxylic acids is 2. The highest BCUT2D eigenvalue weighted by molar-refractivity contribution is 6.42. The topological polar surface area (TPSA) is 80.5 Å². The summed E-state index contributed by atoms with van der Waals surface area (Å²) in [4.78, 5) is 39.3. The van der Waals surface area contributed by atoms with Gasteiger partial charge >= 0.3 is 0 Å². The molecule has 0 aromatic heterocycles. The molecule has 1 heterocycles. The molecule has 32 heavy (non-hydrogen) atoms. The fraction of sp³-hybridized carbons (Fsp3) is 0.333. The van der Waals surface area contributed by atoms with Gasteiger partial charge in [-0.1, -0.05) is 49.2 Å². The largest absolute Gasteiger partial charge is 0.294 e. The minimum Gasteiger partial charge on any atom is -0.294 e.